The number of carbonyl (C=O) groups excluding carboxylic acids is 2. The molecule has 0 atom stereocenters. The number of amides is 1. The molecule has 1 amide bonds. The maximum Gasteiger partial charge on any atom is 0.253 e. The molecule has 1 aliphatic rings. The molecule has 3 aromatic rings. The fourth-order valence-corrected chi connectivity index (χ4v) is 4.32. The third-order valence-corrected chi connectivity index (χ3v) is 6.17. The number of rotatable bonds is 6. The van der Waals surface area contributed by atoms with Gasteiger partial charge in [0, 0.05) is 37.2 Å². The maximum atomic E-state index is 13.1. The van der Waals surface area contributed by atoms with Crippen LogP contribution in [0.25, 0.3) is 0 Å². The van der Waals surface area contributed by atoms with E-state index in [2.05, 4.69) is 18.2 Å². The van der Waals surface area contributed by atoms with Crippen molar-refractivity contribution in [3.05, 3.63) is 101 Å². The molecule has 172 valence electrons. The Kier molecular flexibility index (Phi) is 8.26. The van der Waals surface area contributed by atoms with Gasteiger partial charge in [0.05, 0.1) is 0 Å². The molecule has 0 radical (unpaired) electrons. The molecule has 0 aromatic heterocycles. The molecule has 6 heteroatoms. The van der Waals surface area contributed by atoms with Gasteiger partial charge in [-0.3, -0.25) is 9.59 Å². The summed E-state index contributed by atoms with van der Waals surface area (Å²) in [5, 5.41) is 9.40. The lowest BCUT2D eigenvalue weighted by molar-refractivity contribution is 0.0712. The number of likely N-dealkylation sites (tertiary alicyclic amines) is 1. The van der Waals surface area contributed by atoms with Crippen LogP contribution in [0.4, 0.5) is 0 Å². The highest BCUT2D eigenvalue weighted by molar-refractivity contribution is 5.98. The summed E-state index contributed by atoms with van der Waals surface area (Å²) in [6.07, 6.45) is 2.07. The van der Waals surface area contributed by atoms with Gasteiger partial charge >= 0.3 is 0 Å². The molecule has 3 aromatic carbocycles. The third kappa shape index (κ3) is 6.01. The van der Waals surface area contributed by atoms with Gasteiger partial charge in [0.25, 0.3) is 5.91 Å². The summed E-state index contributed by atoms with van der Waals surface area (Å²) < 4.78 is 0. The highest BCUT2D eigenvalue weighted by atomic mass is 35.5. The van der Waals surface area contributed by atoms with Gasteiger partial charge in [-0.05, 0) is 71.8 Å². The number of piperidine rings is 1. The van der Waals surface area contributed by atoms with Crippen LogP contribution in [0.5, 0.6) is 5.75 Å². The number of carbonyl (C=O) groups is 2. The maximum absolute atomic E-state index is 13.1. The van der Waals surface area contributed by atoms with Crippen LogP contribution < -0.4 is 5.73 Å². The number of halogens is 1. The number of hydrogen-bond acceptors (Lipinski definition) is 4. The van der Waals surface area contributed by atoms with Gasteiger partial charge in [-0.1, -0.05) is 36.4 Å². The number of benzene rings is 3. The highest BCUT2D eigenvalue weighted by Gasteiger charge is 2.25. The van der Waals surface area contributed by atoms with Crippen LogP contribution in [0.2, 0.25) is 0 Å². The van der Waals surface area contributed by atoms with Crippen LogP contribution in [-0.2, 0) is 13.0 Å². The molecule has 1 fully saturated rings. The second-order valence-electron chi connectivity index (χ2n) is 8.36. The zero-order chi connectivity index (χ0) is 22.5. The van der Waals surface area contributed by atoms with Crippen molar-refractivity contribution in [2.24, 2.45) is 5.73 Å². The number of nitrogens with zero attached hydrogens (tertiary/aromatic N) is 1. The predicted molar refractivity (Wildman–Crippen MR) is 132 cm³/mol. The Bertz CT molecular complexity index is 1110. The molecule has 5 nitrogen and oxygen atoms in total. The summed E-state index contributed by atoms with van der Waals surface area (Å²) in [6.45, 7) is 1.97. The quantitative estimate of drug-likeness (QED) is 0.517. The van der Waals surface area contributed by atoms with Crippen molar-refractivity contribution in [2.75, 3.05) is 13.1 Å². The second-order valence-corrected chi connectivity index (χ2v) is 8.36. The van der Waals surface area contributed by atoms with Gasteiger partial charge in [0.15, 0.2) is 5.78 Å². The van der Waals surface area contributed by atoms with Crippen LogP contribution in [0.15, 0.2) is 72.8 Å². The molecule has 4 rings (SSSR count). The summed E-state index contributed by atoms with van der Waals surface area (Å²) >= 11 is 0. The first-order valence-corrected chi connectivity index (χ1v) is 11.0. The molecule has 33 heavy (non-hydrogen) atoms. The summed E-state index contributed by atoms with van der Waals surface area (Å²) in [7, 11) is 0. The van der Waals surface area contributed by atoms with E-state index < -0.39 is 0 Å². The van der Waals surface area contributed by atoms with Crippen molar-refractivity contribution in [3.63, 3.8) is 0 Å². The Hall–Kier alpha value is -3.15. The molecule has 3 N–H and O–H groups in total. The van der Waals surface area contributed by atoms with E-state index in [0.717, 1.165) is 24.0 Å². The summed E-state index contributed by atoms with van der Waals surface area (Å²) in [4.78, 5) is 27.5. The lowest BCUT2D eigenvalue weighted by atomic mass is 9.88. The number of nitrogens with two attached hydrogens (primary N) is 1. The summed E-state index contributed by atoms with van der Waals surface area (Å²) in [5.41, 5.74) is 10.2. The van der Waals surface area contributed by atoms with Crippen molar-refractivity contribution >= 4 is 24.1 Å². The van der Waals surface area contributed by atoms with Crippen LogP contribution >= 0.6 is 12.4 Å². The average molecular weight is 465 g/mol. The van der Waals surface area contributed by atoms with Crippen LogP contribution in [0.1, 0.15) is 56.2 Å². The Morgan fingerprint density at radius 3 is 2.24 bits per heavy atom. The molecule has 0 spiro atoms. The lowest BCUT2D eigenvalue weighted by Crippen LogP contribution is -2.38. The van der Waals surface area contributed by atoms with E-state index in [1.54, 1.807) is 12.1 Å². The summed E-state index contributed by atoms with van der Waals surface area (Å²) in [5.74, 6) is 0.540. The predicted octanol–water partition coefficient (Wildman–Crippen LogP) is 4.72. The number of phenols is 1. The fraction of sp³-hybridized carbons (Fsp3) is 0.259. The lowest BCUT2D eigenvalue weighted by Gasteiger charge is -2.32. The zero-order valence-electron chi connectivity index (χ0n) is 18.4. The third-order valence-electron chi connectivity index (χ3n) is 6.17. The van der Waals surface area contributed by atoms with E-state index in [-0.39, 0.29) is 36.3 Å². The minimum Gasteiger partial charge on any atom is -0.508 e. The summed E-state index contributed by atoms with van der Waals surface area (Å²) in [6, 6.07) is 22.0. The first kappa shape index (κ1) is 24.5. The van der Waals surface area contributed by atoms with Crippen LogP contribution in [-0.4, -0.2) is 34.8 Å². The number of phenolic OH excluding ortho intramolecular Hbond substituents is 1. The van der Waals surface area contributed by atoms with Gasteiger partial charge in [-0.2, -0.15) is 0 Å². The van der Waals surface area contributed by atoms with E-state index in [1.165, 1.54) is 17.7 Å². The van der Waals surface area contributed by atoms with Crippen LogP contribution in [0.3, 0.4) is 0 Å². The molecule has 0 aliphatic carbocycles. The SMILES string of the molecule is Cl.NCc1cccc(C2CCN(C(=O)c3cccc(CC(=O)c4ccc(O)cc4)c3)CC2)c1. The van der Waals surface area contributed by atoms with E-state index in [1.807, 2.05) is 35.2 Å². The van der Waals surface area contributed by atoms with Crippen molar-refractivity contribution in [1.29, 1.82) is 0 Å². The largest absolute Gasteiger partial charge is 0.508 e. The van der Waals surface area contributed by atoms with E-state index >= 15 is 0 Å². The normalized spacial score (nSPS) is 13.9. The minimum atomic E-state index is -0.0462. The fourth-order valence-electron chi connectivity index (χ4n) is 4.32. The Balaban J connectivity index is 0.00000306. The number of aromatic hydroxyl groups is 1. The molecular formula is C27H29ClN2O3. The van der Waals surface area contributed by atoms with E-state index in [9.17, 15) is 14.7 Å². The van der Waals surface area contributed by atoms with Gasteiger partial charge in [-0.15, -0.1) is 12.4 Å². The first-order chi connectivity index (χ1) is 15.5. The molecule has 1 saturated heterocycles. The van der Waals surface area contributed by atoms with Gasteiger partial charge in [-0.25, -0.2) is 0 Å². The van der Waals surface area contributed by atoms with Gasteiger partial charge in [0.2, 0.25) is 0 Å². The van der Waals surface area contributed by atoms with Gasteiger partial charge < -0.3 is 15.7 Å². The minimum absolute atomic E-state index is 0. The molecule has 1 aliphatic heterocycles. The molecular weight excluding hydrogens is 436 g/mol. The Morgan fingerprint density at radius 2 is 1.55 bits per heavy atom. The highest BCUT2D eigenvalue weighted by Crippen LogP contribution is 2.29. The van der Waals surface area contributed by atoms with Crippen molar-refractivity contribution in [2.45, 2.75) is 31.7 Å². The van der Waals surface area contributed by atoms with Crippen LogP contribution in [0, 0.1) is 0 Å². The molecule has 0 bridgehead atoms. The standard InChI is InChI=1S/C27H28N2O3.ClH/c28-18-20-4-2-5-23(16-20)21-11-13-29(14-12-21)27(32)24-6-1-3-19(15-24)17-26(31)22-7-9-25(30)10-8-22;/h1-10,15-16,21,30H,11-14,17-18,28H2;1H. The molecule has 0 saturated carbocycles. The van der Waals surface area contributed by atoms with Crippen molar-refractivity contribution < 1.29 is 14.7 Å². The van der Waals surface area contributed by atoms with E-state index in [0.29, 0.717) is 36.7 Å². The number of hydrogen-bond donors (Lipinski definition) is 2. The Labute approximate surface area is 200 Å². The smallest absolute Gasteiger partial charge is 0.253 e. The second kappa shape index (κ2) is 11.1. The Morgan fingerprint density at radius 1 is 0.879 bits per heavy atom. The molecule has 0 unspecified atom stereocenters. The number of Topliss-reactive ketones (excluding diaryl/α,β-unsaturated/α-hetero) is 1. The number of ketones is 1. The topological polar surface area (TPSA) is 83.6 Å². The molecule has 1 heterocycles. The van der Waals surface area contributed by atoms with Gasteiger partial charge in [0.1, 0.15) is 5.75 Å². The average Bonchev–Trinajstić information content (AvgIpc) is 2.84. The van der Waals surface area contributed by atoms with E-state index in [4.69, 9.17) is 5.73 Å². The monoisotopic (exact) mass is 464 g/mol. The van der Waals surface area contributed by atoms with Crippen molar-refractivity contribution in [1.82, 2.24) is 4.90 Å². The van der Waals surface area contributed by atoms with Crippen molar-refractivity contribution in [3.8, 4) is 5.75 Å². The zero-order valence-corrected chi connectivity index (χ0v) is 19.3. The first-order valence-electron chi connectivity index (χ1n) is 11.0.